The standard InChI is InChI=1S/C21H16O/c1-13-5-3-6-14(2)19(13)17-11-9-15-7-4-8-16-10-12-18(22)21(17)20(15)16/h3-12H,1-2H3. The highest BCUT2D eigenvalue weighted by Gasteiger charge is 2.21. The summed E-state index contributed by atoms with van der Waals surface area (Å²) < 4.78 is 0. The van der Waals surface area contributed by atoms with E-state index in [1.54, 1.807) is 6.08 Å². The lowest BCUT2D eigenvalue weighted by Gasteiger charge is -2.18. The van der Waals surface area contributed by atoms with Crippen molar-refractivity contribution in [2.75, 3.05) is 0 Å². The highest BCUT2D eigenvalue weighted by Crippen LogP contribution is 2.38. The van der Waals surface area contributed by atoms with Crippen LogP contribution in [0.25, 0.3) is 28.0 Å². The number of hydrogen-bond donors (Lipinski definition) is 0. The molecule has 0 heterocycles. The van der Waals surface area contributed by atoms with E-state index in [0.717, 1.165) is 27.5 Å². The molecule has 3 aromatic rings. The molecule has 0 amide bonds. The molecular formula is C21H16O. The van der Waals surface area contributed by atoms with Gasteiger partial charge in [-0.15, -0.1) is 0 Å². The second-order valence-electron chi connectivity index (χ2n) is 5.90. The SMILES string of the molecule is Cc1cccc(C)c1-c1ccc2cccc3c2c1C(=O)C=C3. The number of ketones is 1. The van der Waals surface area contributed by atoms with Gasteiger partial charge in [-0.25, -0.2) is 0 Å². The van der Waals surface area contributed by atoms with Gasteiger partial charge in [0.25, 0.3) is 0 Å². The van der Waals surface area contributed by atoms with E-state index in [1.165, 1.54) is 16.7 Å². The van der Waals surface area contributed by atoms with Crippen LogP contribution in [0.5, 0.6) is 0 Å². The third-order valence-electron chi connectivity index (χ3n) is 4.49. The summed E-state index contributed by atoms with van der Waals surface area (Å²) >= 11 is 0. The van der Waals surface area contributed by atoms with Crippen LogP contribution in [0.15, 0.2) is 54.6 Å². The molecule has 1 aliphatic rings. The molecule has 106 valence electrons. The number of allylic oxidation sites excluding steroid dienone is 1. The average molecular weight is 284 g/mol. The number of carbonyl (C=O) groups is 1. The monoisotopic (exact) mass is 284 g/mol. The van der Waals surface area contributed by atoms with Gasteiger partial charge in [0.1, 0.15) is 0 Å². The van der Waals surface area contributed by atoms with Crippen molar-refractivity contribution >= 4 is 22.6 Å². The van der Waals surface area contributed by atoms with E-state index in [-0.39, 0.29) is 5.78 Å². The minimum atomic E-state index is 0.0990. The lowest BCUT2D eigenvalue weighted by Crippen LogP contribution is -2.05. The minimum absolute atomic E-state index is 0.0990. The quantitative estimate of drug-likeness (QED) is 0.590. The third-order valence-corrected chi connectivity index (χ3v) is 4.49. The smallest absolute Gasteiger partial charge is 0.187 e. The number of hydrogen-bond acceptors (Lipinski definition) is 1. The summed E-state index contributed by atoms with van der Waals surface area (Å²) in [5, 5.41) is 2.20. The molecule has 0 N–H and O–H groups in total. The van der Waals surface area contributed by atoms with E-state index in [4.69, 9.17) is 0 Å². The second-order valence-corrected chi connectivity index (χ2v) is 5.90. The molecule has 22 heavy (non-hydrogen) atoms. The molecule has 0 bridgehead atoms. The van der Waals surface area contributed by atoms with E-state index in [9.17, 15) is 4.79 Å². The molecular weight excluding hydrogens is 268 g/mol. The van der Waals surface area contributed by atoms with Gasteiger partial charge in [0.05, 0.1) is 0 Å². The summed E-state index contributed by atoms with van der Waals surface area (Å²) in [6.07, 6.45) is 3.61. The fourth-order valence-corrected chi connectivity index (χ4v) is 3.50. The number of carbonyl (C=O) groups excluding carboxylic acids is 1. The zero-order valence-electron chi connectivity index (χ0n) is 12.7. The highest BCUT2D eigenvalue weighted by atomic mass is 16.1. The molecule has 1 aliphatic carbocycles. The highest BCUT2D eigenvalue weighted by molar-refractivity contribution is 6.23. The first-order chi connectivity index (χ1) is 10.7. The van der Waals surface area contributed by atoms with Crippen LogP contribution in [-0.4, -0.2) is 5.78 Å². The number of benzene rings is 3. The predicted molar refractivity (Wildman–Crippen MR) is 92.2 cm³/mol. The topological polar surface area (TPSA) is 17.1 Å². The van der Waals surface area contributed by atoms with Crippen LogP contribution in [0.2, 0.25) is 0 Å². The summed E-state index contributed by atoms with van der Waals surface area (Å²) in [5.74, 6) is 0.0990. The molecule has 0 atom stereocenters. The van der Waals surface area contributed by atoms with Crippen LogP contribution in [0.4, 0.5) is 0 Å². The van der Waals surface area contributed by atoms with Crippen molar-refractivity contribution in [3.63, 3.8) is 0 Å². The number of rotatable bonds is 1. The van der Waals surface area contributed by atoms with Crippen molar-refractivity contribution in [1.29, 1.82) is 0 Å². The summed E-state index contributed by atoms with van der Waals surface area (Å²) in [5.41, 5.74) is 6.60. The van der Waals surface area contributed by atoms with Crippen molar-refractivity contribution in [2.24, 2.45) is 0 Å². The normalized spacial score (nSPS) is 12.9. The van der Waals surface area contributed by atoms with Crippen molar-refractivity contribution in [3.8, 4) is 11.1 Å². The molecule has 0 aromatic heterocycles. The van der Waals surface area contributed by atoms with Crippen LogP contribution in [-0.2, 0) is 0 Å². The van der Waals surface area contributed by atoms with Crippen LogP contribution in [0.1, 0.15) is 27.0 Å². The van der Waals surface area contributed by atoms with Crippen LogP contribution < -0.4 is 0 Å². The molecule has 0 saturated heterocycles. The minimum Gasteiger partial charge on any atom is -0.289 e. The predicted octanol–water partition coefficient (Wildman–Crippen LogP) is 5.33. The Balaban J connectivity index is 2.17. The molecule has 0 aliphatic heterocycles. The molecule has 1 nitrogen and oxygen atoms in total. The van der Waals surface area contributed by atoms with E-state index in [1.807, 2.05) is 12.1 Å². The Morgan fingerprint density at radius 1 is 0.727 bits per heavy atom. The first-order valence-corrected chi connectivity index (χ1v) is 7.51. The van der Waals surface area contributed by atoms with E-state index in [2.05, 4.69) is 56.3 Å². The number of aryl methyl sites for hydroxylation is 2. The third kappa shape index (κ3) is 1.75. The maximum atomic E-state index is 12.6. The zero-order valence-corrected chi connectivity index (χ0v) is 12.7. The Hall–Kier alpha value is -2.67. The van der Waals surface area contributed by atoms with Gasteiger partial charge in [-0.3, -0.25) is 4.79 Å². The van der Waals surface area contributed by atoms with Gasteiger partial charge in [0, 0.05) is 10.9 Å². The zero-order chi connectivity index (χ0) is 15.3. The van der Waals surface area contributed by atoms with E-state index >= 15 is 0 Å². The van der Waals surface area contributed by atoms with Gasteiger partial charge in [-0.1, -0.05) is 54.6 Å². The molecule has 0 spiro atoms. The molecule has 3 aromatic carbocycles. The van der Waals surface area contributed by atoms with E-state index in [0.29, 0.717) is 0 Å². The summed E-state index contributed by atoms with van der Waals surface area (Å²) in [4.78, 5) is 12.6. The lowest BCUT2D eigenvalue weighted by molar-refractivity contribution is 0.104. The van der Waals surface area contributed by atoms with Gasteiger partial charge < -0.3 is 0 Å². The maximum Gasteiger partial charge on any atom is 0.187 e. The molecule has 0 saturated carbocycles. The second kappa shape index (κ2) is 4.67. The molecule has 0 unspecified atom stereocenters. The Labute approximate surface area is 129 Å². The van der Waals surface area contributed by atoms with Gasteiger partial charge in [-0.05, 0) is 53.1 Å². The Kier molecular flexibility index (Phi) is 2.77. The van der Waals surface area contributed by atoms with Gasteiger partial charge in [0.15, 0.2) is 5.78 Å². The lowest BCUT2D eigenvalue weighted by atomic mass is 9.84. The first-order valence-electron chi connectivity index (χ1n) is 7.51. The first kappa shape index (κ1) is 13.0. The molecule has 4 rings (SSSR count). The van der Waals surface area contributed by atoms with Crippen molar-refractivity contribution < 1.29 is 4.79 Å². The van der Waals surface area contributed by atoms with Crippen LogP contribution >= 0.6 is 0 Å². The van der Waals surface area contributed by atoms with Crippen LogP contribution in [0, 0.1) is 13.8 Å². The molecule has 0 radical (unpaired) electrons. The van der Waals surface area contributed by atoms with Crippen molar-refractivity contribution in [2.45, 2.75) is 13.8 Å². The Bertz CT molecular complexity index is 941. The van der Waals surface area contributed by atoms with Crippen molar-refractivity contribution in [3.05, 3.63) is 76.9 Å². The maximum absolute atomic E-state index is 12.6. The average Bonchev–Trinajstić information content (AvgIpc) is 2.51. The molecule has 0 fully saturated rings. The van der Waals surface area contributed by atoms with Gasteiger partial charge in [-0.2, -0.15) is 0 Å². The summed E-state index contributed by atoms with van der Waals surface area (Å²) in [6, 6.07) is 16.7. The van der Waals surface area contributed by atoms with Crippen LogP contribution in [0.3, 0.4) is 0 Å². The van der Waals surface area contributed by atoms with Gasteiger partial charge in [0.2, 0.25) is 0 Å². The Morgan fingerprint density at radius 3 is 2.23 bits per heavy atom. The van der Waals surface area contributed by atoms with E-state index < -0.39 is 0 Å². The largest absolute Gasteiger partial charge is 0.289 e. The summed E-state index contributed by atoms with van der Waals surface area (Å²) in [7, 11) is 0. The fourth-order valence-electron chi connectivity index (χ4n) is 3.50. The van der Waals surface area contributed by atoms with Crippen molar-refractivity contribution in [1.82, 2.24) is 0 Å². The fraction of sp³-hybridized carbons (Fsp3) is 0.0952. The van der Waals surface area contributed by atoms with Gasteiger partial charge >= 0.3 is 0 Å². The Morgan fingerprint density at radius 2 is 1.45 bits per heavy atom. The summed E-state index contributed by atoms with van der Waals surface area (Å²) in [6.45, 7) is 4.21. The molecule has 1 heteroatoms.